The van der Waals surface area contributed by atoms with Gasteiger partial charge < -0.3 is 10.1 Å². The molecule has 0 aliphatic heterocycles. The molecule has 5 heteroatoms. The Balaban J connectivity index is 2.83. The van der Waals surface area contributed by atoms with Crippen molar-refractivity contribution in [3.63, 3.8) is 0 Å². The fourth-order valence-electron chi connectivity index (χ4n) is 1.71. The van der Waals surface area contributed by atoms with Crippen LogP contribution in [0.5, 0.6) is 5.75 Å². The molecule has 108 valence electrons. The molecular formula is C14H20BrF2NO. The van der Waals surface area contributed by atoms with Crippen LogP contribution in [0.4, 0.5) is 8.78 Å². The highest BCUT2D eigenvalue weighted by atomic mass is 79.9. The number of halogens is 3. The summed E-state index contributed by atoms with van der Waals surface area (Å²) in [6, 6.07) is 5.05. The van der Waals surface area contributed by atoms with Gasteiger partial charge in [0, 0.05) is 22.1 Å². The number of rotatable bonds is 7. The minimum Gasteiger partial charge on any atom is -0.434 e. The zero-order chi connectivity index (χ0) is 14.5. The van der Waals surface area contributed by atoms with E-state index >= 15 is 0 Å². The molecule has 0 bridgehead atoms. The Morgan fingerprint density at radius 1 is 1.32 bits per heavy atom. The van der Waals surface area contributed by atoms with Gasteiger partial charge in [0.05, 0.1) is 0 Å². The summed E-state index contributed by atoms with van der Waals surface area (Å²) >= 11 is 3.35. The third kappa shape index (κ3) is 5.07. The van der Waals surface area contributed by atoms with Crippen molar-refractivity contribution < 1.29 is 13.5 Å². The van der Waals surface area contributed by atoms with Crippen LogP contribution in [0, 0.1) is 0 Å². The van der Waals surface area contributed by atoms with E-state index in [1.807, 2.05) is 0 Å². The quantitative estimate of drug-likeness (QED) is 0.778. The summed E-state index contributed by atoms with van der Waals surface area (Å²) in [5.41, 5.74) is 0.729. The van der Waals surface area contributed by atoms with E-state index in [1.54, 1.807) is 18.2 Å². The van der Waals surface area contributed by atoms with Gasteiger partial charge >= 0.3 is 6.61 Å². The predicted octanol–water partition coefficient (Wildman–Crippen LogP) is 4.72. The van der Waals surface area contributed by atoms with Crippen molar-refractivity contribution >= 4 is 15.9 Å². The van der Waals surface area contributed by atoms with Crippen LogP contribution in [-0.4, -0.2) is 12.2 Å². The van der Waals surface area contributed by atoms with Crippen LogP contribution in [0.15, 0.2) is 22.7 Å². The lowest BCUT2D eigenvalue weighted by atomic mass is 9.95. The Bertz CT molecular complexity index is 408. The van der Waals surface area contributed by atoms with Crippen LogP contribution >= 0.6 is 15.9 Å². The van der Waals surface area contributed by atoms with Crippen LogP contribution in [0.2, 0.25) is 0 Å². The largest absolute Gasteiger partial charge is 0.434 e. The van der Waals surface area contributed by atoms with E-state index in [0.29, 0.717) is 6.54 Å². The summed E-state index contributed by atoms with van der Waals surface area (Å²) in [6.45, 7) is 4.03. The molecule has 0 aliphatic carbocycles. The Labute approximate surface area is 121 Å². The normalized spacial score (nSPS) is 11.9. The maximum atomic E-state index is 12.4. The molecule has 1 aromatic rings. The fourth-order valence-corrected chi connectivity index (χ4v) is 2.11. The van der Waals surface area contributed by atoms with Gasteiger partial charge in [-0.2, -0.15) is 8.78 Å². The minimum atomic E-state index is -2.80. The molecule has 0 aliphatic rings. The van der Waals surface area contributed by atoms with E-state index in [9.17, 15) is 8.78 Å². The number of alkyl halides is 2. The first kappa shape index (κ1) is 16.4. The average molecular weight is 336 g/mol. The van der Waals surface area contributed by atoms with Crippen molar-refractivity contribution in [2.24, 2.45) is 0 Å². The number of nitrogens with one attached hydrogen (secondary N) is 1. The molecule has 0 heterocycles. The van der Waals surface area contributed by atoms with E-state index in [2.05, 4.69) is 46.8 Å². The number of hydrogen-bond donors (Lipinski definition) is 1. The van der Waals surface area contributed by atoms with Gasteiger partial charge in [-0.3, -0.25) is 0 Å². The zero-order valence-electron chi connectivity index (χ0n) is 11.5. The van der Waals surface area contributed by atoms with Gasteiger partial charge in [-0.25, -0.2) is 0 Å². The topological polar surface area (TPSA) is 21.3 Å². The standard InChI is InChI=1S/C14H20BrF2NO/c1-4-14(3,5-2)18-9-10-8-11(15)6-7-12(10)19-13(16)17/h6-8,13,18H,4-5,9H2,1-3H3. The van der Waals surface area contributed by atoms with Gasteiger partial charge in [-0.05, 0) is 38.0 Å². The lowest BCUT2D eigenvalue weighted by Crippen LogP contribution is -2.40. The molecule has 0 amide bonds. The zero-order valence-corrected chi connectivity index (χ0v) is 13.1. The third-order valence-electron chi connectivity index (χ3n) is 3.50. The first-order chi connectivity index (χ1) is 8.90. The molecule has 0 aromatic heterocycles. The SMILES string of the molecule is CCC(C)(CC)NCc1cc(Br)ccc1OC(F)F. The van der Waals surface area contributed by atoms with Gasteiger partial charge in [0.25, 0.3) is 0 Å². The second-order valence-corrected chi connectivity index (χ2v) is 5.67. The summed E-state index contributed by atoms with van der Waals surface area (Å²) in [5.74, 6) is 0.222. The first-order valence-electron chi connectivity index (χ1n) is 6.38. The summed E-state index contributed by atoms with van der Waals surface area (Å²) in [4.78, 5) is 0. The van der Waals surface area contributed by atoms with Gasteiger partial charge in [0.1, 0.15) is 5.75 Å². The second-order valence-electron chi connectivity index (χ2n) is 4.75. The molecule has 1 aromatic carbocycles. The highest BCUT2D eigenvalue weighted by Gasteiger charge is 2.19. The minimum absolute atomic E-state index is 0.00438. The molecule has 0 fully saturated rings. The number of ether oxygens (including phenoxy) is 1. The van der Waals surface area contributed by atoms with Crippen molar-refractivity contribution in [2.45, 2.75) is 52.3 Å². The molecular weight excluding hydrogens is 316 g/mol. The van der Waals surface area contributed by atoms with E-state index in [-0.39, 0.29) is 11.3 Å². The van der Waals surface area contributed by atoms with Crippen LogP contribution in [0.1, 0.15) is 39.2 Å². The van der Waals surface area contributed by atoms with Crippen molar-refractivity contribution in [3.8, 4) is 5.75 Å². The molecule has 0 saturated heterocycles. The molecule has 2 nitrogen and oxygen atoms in total. The molecule has 19 heavy (non-hydrogen) atoms. The predicted molar refractivity (Wildman–Crippen MR) is 76.6 cm³/mol. The highest BCUT2D eigenvalue weighted by Crippen LogP contribution is 2.26. The van der Waals surface area contributed by atoms with Crippen LogP contribution in [0.25, 0.3) is 0 Å². The fraction of sp³-hybridized carbons (Fsp3) is 0.571. The van der Waals surface area contributed by atoms with Gasteiger partial charge in [-0.15, -0.1) is 0 Å². The third-order valence-corrected chi connectivity index (χ3v) is 4.00. The van der Waals surface area contributed by atoms with Crippen LogP contribution < -0.4 is 10.1 Å². The van der Waals surface area contributed by atoms with E-state index in [0.717, 1.165) is 22.9 Å². The van der Waals surface area contributed by atoms with Crippen LogP contribution in [-0.2, 0) is 6.54 Å². The highest BCUT2D eigenvalue weighted by molar-refractivity contribution is 9.10. The van der Waals surface area contributed by atoms with Crippen molar-refractivity contribution in [3.05, 3.63) is 28.2 Å². The second kappa shape index (κ2) is 7.20. The number of benzene rings is 1. The van der Waals surface area contributed by atoms with Crippen molar-refractivity contribution in [2.75, 3.05) is 0 Å². The van der Waals surface area contributed by atoms with E-state index < -0.39 is 6.61 Å². The molecule has 0 spiro atoms. The summed E-state index contributed by atoms with van der Waals surface area (Å²) < 4.78 is 30.1. The van der Waals surface area contributed by atoms with E-state index in [4.69, 9.17) is 0 Å². The summed E-state index contributed by atoms with van der Waals surface area (Å²) in [5, 5.41) is 3.41. The lowest BCUT2D eigenvalue weighted by molar-refractivity contribution is -0.0505. The van der Waals surface area contributed by atoms with Gasteiger partial charge in [-0.1, -0.05) is 29.8 Å². The molecule has 1 N–H and O–H groups in total. The van der Waals surface area contributed by atoms with Gasteiger partial charge in [0.15, 0.2) is 0 Å². The smallest absolute Gasteiger partial charge is 0.387 e. The number of hydrogen-bond acceptors (Lipinski definition) is 2. The van der Waals surface area contributed by atoms with E-state index in [1.165, 1.54) is 0 Å². The lowest BCUT2D eigenvalue weighted by Gasteiger charge is -2.29. The Hall–Kier alpha value is -0.680. The molecule has 0 radical (unpaired) electrons. The maximum Gasteiger partial charge on any atom is 0.387 e. The Morgan fingerprint density at radius 2 is 1.95 bits per heavy atom. The van der Waals surface area contributed by atoms with Crippen molar-refractivity contribution in [1.29, 1.82) is 0 Å². The molecule has 0 saturated carbocycles. The Kier molecular flexibility index (Phi) is 6.20. The summed E-state index contributed by atoms with van der Waals surface area (Å²) in [6.07, 6.45) is 1.95. The molecule has 0 unspecified atom stereocenters. The van der Waals surface area contributed by atoms with Gasteiger partial charge in [0.2, 0.25) is 0 Å². The van der Waals surface area contributed by atoms with Crippen LogP contribution in [0.3, 0.4) is 0 Å². The first-order valence-corrected chi connectivity index (χ1v) is 7.17. The Morgan fingerprint density at radius 3 is 2.47 bits per heavy atom. The molecule has 0 atom stereocenters. The summed E-state index contributed by atoms with van der Waals surface area (Å²) in [7, 11) is 0. The monoisotopic (exact) mass is 335 g/mol. The maximum absolute atomic E-state index is 12.4. The van der Waals surface area contributed by atoms with Crippen molar-refractivity contribution in [1.82, 2.24) is 5.32 Å². The molecule has 1 rings (SSSR count). The average Bonchev–Trinajstić information content (AvgIpc) is 2.38.